The second-order valence-corrected chi connectivity index (χ2v) is 7.74. The number of likely N-dealkylation sites (tertiary alicyclic amines) is 1. The van der Waals surface area contributed by atoms with E-state index in [0.717, 1.165) is 50.8 Å². The minimum Gasteiger partial charge on any atom is -0.353 e. The predicted molar refractivity (Wildman–Crippen MR) is 92.3 cm³/mol. The first-order chi connectivity index (χ1) is 12.1. The molecule has 1 heterocycles. The van der Waals surface area contributed by atoms with E-state index in [4.69, 9.17) is 0 Å². The SMILES string of the molecule is O=C(NC1CCN(C(=O)[C@@H]2C[C@@H]2c2ccc(F)cc2)CC1)C1CCC1. The third-order valence-corrected chi connectivity index (χ3v) is 6.03. The molecule has 2 saturated carbocycles. The summed E-state index contributed by atoms with van der Waals surface area (Å²) in [6, 6.07) is 6.71. The van der Waals surface area contributed by atoms with E-state index < -0.39 is 0 Å². The average molecular weight is 344 g/mol. The zero-order valence-electron chi connectivity index (χ0n) is 14.4. The van der Waals surface area contributed by atoms with Crippen molar-refractivity contribution in [2.45, 2.75) is 50.5 Å². The third kappa shape index (κ3) is 3.55. The molecule has 134 valence electrons. The molecular weight excluding hydrogens is 319 g/mol. The highest BCUT2D eigenvalue weighted by molar-refractivity contribution is 5.83. The third-order valence-electron chi connectivity index (χ3n) is 6.03. The summed E-state index contributed by atoms with van der Waals surface area (Å²) in [7, 11) is 0. The Hall–Kier alpha value is -1.91. The van der Waals surface area contributed by atoms with Gasteiger partial charge in [0, 0.05) is 31.0 Å². The fourth-order valence-electron chi connectivity index (χ4n) is 4.01. The van der Waals surface area contributed by atoms with Crippen molar-refractivity contribution in [1.29, 1.82) is 0 Å². The Bertz CT molecular complexity index is 648. The molecule has 0 radical (unpaired) electrons. The quantitative estimate of drug-likeness (QED) is 0.913. The number of halogens is 1. The van der Waals surface area contributed by atoms with Crippen molar-refractivity contribution < 1.29 is 14.0 Å². The molecule has 3 aliphatic rings. The molecule has 4 nitrogen and oxygen atoms in total. The van der Waals surface area contributed by atoms with E-state index in [1.165, 1.54) is 18.6 Å². The van der Waals surface area contributed by atoms with Crippen LogP contribution in [0.25, 0.3) is 0 Å². The summed E-state index contributed by atoms with van der Waals surface area (Å²) in [6.45, 7) is 1.45. The number of hydrogen-bond acceptors (Lipinski definition) is 2. The first-order valence-electron chi connectivity index (χ1n) is 9.46. The van der Waals surface area contributed by atoms with E-state index >= 15 is 0 Å². The molecule has 0 aromatic heterocycles. The van der Waals surface area contributed by atoms with Gasteiger partial charge in [-0.3, -0.25) is 9.59 Å². The number of nitrogens with one attached hydrogen (secondary N) is 1. The largest absolute Gasteiger partial charge is 0.353 e. The van der Waals surface area contributed by atoms with E-state index in [1.807, 2.05) is 4.90 Å². The molecule has 0 spiro atoms. The van der Waals surface area contributed by atoms with Crippen LogP contribution in [0, 0.1) is 17.7 Å². The lowest BCUT2D eigenvalue weighted by molar-refractivity contribution is -0.134. The van der Waals surface area contributed by atoms with Crippen LogP contribution in [0.2, 0.25) is 0 Å². The summed E-state index contributed by atoms with van der Waals surface area (Å²) in [5.74, 6) is 0.698. The Balaban J connectivity index is 1.24. The standard InChI is InChI=1S/C20H25FN2O2/c21-15-6-4-13(5-7-15)17-12-18(17)20(25)23-10-8-16(9-11-23)22-19(24)14-2-1-3-14/h4-7,14,16-18H,1-3,8-12H2,(H,22,24)/t17-,18-/m1/s1. The van der Waals surface area contributed by atoms with Gasteiger partial charge in [-0.1, -0.05) is 18.6 Å². The molecule has 1 aliphatic heterocycles. The number of benzene rings is 1. The maximum atomic E-state index is 13.0. The molecule has 2 amide bonds. The van der Waals surface area contributed by atoms with Crippen LogP contribution in [-0.4, -0.2) is 35.8 Å². The molecule has 1 aromatic carbocycles. The molecule has 2 atom stereocenters. The minimum atomic E-state index is -0.238. The van der Waals surface area contributed by atoms with Gasteiger partial charge >= 0.3 is 0 Å². The topological polar surface area (TPSA) is 49.4 Å². The summed E-state index contributed by atoms with van der Waals surface area (Å²) in [5.41, 5.74) is 1.06. The molecule has 0 bridgehead atoms. The van der Waals surface area contributed by atoms with Crippen molar-refractivity contribution >= 4 is 11.8 Å². The summed E-state index contributed by atoms with van der Waals surface area (Å²) >= 11 is 0. The lowest BCUT2D eigenvalue weighted by Crippen LogP contribution is -2.48. The molecule has 0 unspecified atom stereocenters. The monoisotopic (exact) mass is 344 g/mol. The normalized spacial score (nSPS) is 26.8. The van der Waals surface area contributed by atoms with Crippen molar-refractivity contribution in [3.05, 3.63) is 35.6 Å². The smallest absolute Gasteiger partial charge is 0.226 e. The highest BCUT2D eigenvalue weighted by Crippen LogP contribution is 2.48. The molecule has 1 aromatic rings. The maximum absolute atomic E-state index is 13.0. The second kappa shape index (κ2) is 6.77. The van der Waals surface area contributed by atoms with E-state index in [0.29, 0.717) is 0 Å². The Morgan fingerprint density at radius 2 is 1.72 bits per heavy atom. The van der Waals surface area contributed by atoms with Gasteiger partial charge in [-0.15, -0.1) is 0 Å². The number of carbonyl (C=O) groups is 2. The zero-order valence-corrected chi connectivity index (χ0v) is 14.4. The Morgan fingerprint density at radius 1 is 1.04 bits per heavy atom. The Morgan fingerprint density at radius 3 is 2.32 bits per heavy atom. The summed E-state index contributed by atoms with van der Waals surface area (Å²) < 4.78 is 13.0. The summed E-state index contributed by atoms with van der Waals surface area (Å²) in [5, 5.41) is 3.15. The summed E-state index contributed by atoms with van der Waals surface area (Å²) in [4.78, 5) is 26.6. The summed E-state index contributed by atoms with van der Waals surface area (Å²) in [6.07, 6.45) is 5.77. The van der Waals surface area contributed by atoms with E-state index in [1.54, 1.807) is 12.1 Å². The van der Waals surface area contributed by atoms with Crippen LogP contribution in [0.15, 0.2) is 24.3 Å². The number of amides is 2. The van der Waals surface area contributed by atoms with Crippen molar-refractivity contribution in [3.63, 3.8) is 0 Å². The predicted octanol–water partition coefficient (Wildman–Crippen LogP) is 2.84. The average Bonchev–Trinajstić information content (AvgIpc) is 3.34. The van der Waals surface area contributed by atoms with Crippen molar-refractivity contribution in [1.82, 2.24) is 10.2 Å². The van der Waals surface area contributed by atoms with Crippen LogP contribution < -0.4 is 5.32 Å². The Labute approximate surface area is 147 Å². The van der Waals surface area contributed by atoms with Crippen LogP contribution >= 0.6 is 0 Å². The van der Waals surface area contributed by atoms with Gasteiger partial charge in [-0.2, -0.15) is 0 Å². The lowest BCUT2D eigenvalue weighted by atomic mass is 9.84. The van der Waals surface area contributed by atoms with Gasteiger partial charge in [0.05, 0.1) is 0 Å². The van der Waals surface area contributed by atoms with Gasteiger partial charge in [0.25, 0.3) is 0 Å². The molecule has 25 heavy (non-hydrogen) atoms. The molecule has 5 heteroatoms. The maximum Gasteiger partial charge on any atom is 0.226 e. The zero-order chi connectivity index (χ0) is 17.4. The van der Waals surface area contributed by atoms with E-state index in [-0.39, 0.29) is 41.4 Å². The van der Waals surface area contributed by atoms with Gasteiger partial charge in [-0.05, 0) is 55.7 Å². The van der Waals surface area contributed by atoms with Gasteiger partial charge in [0.2, 0.25) is 11.8 Å². The first-order valence-corrected chi connectivity index (χ1v) is 9.46. The highest BCUT2D eigenvalue weighted by Gasteiger charge is 2.46. The first kappa shape index (κ1) is 16.6. The fraction of sp³-hybridized carbons (Fsp3) is 0.600. The molecule has 1 saturated heterocycles. The number of piperidine rings is 1. The Kier molecular flexibility index (Phi) is 4.48. The van der Waals surface area contributed by atoms with E-state index in [9.17, 15) is 14.0 Å². The van der Waals surface area contributed by atoms with Crippen LogP contribution in [0.4, 0.5) is 4.39 Å². The molecule has 1 N–H and O–H groups in total. The van der Waals surface area contributed by atoms with Gasteiger partial charge in [0.1, 0.15) is 5.82 Å². The van der Waals surface area contributed by atoms with Crippen molar-refractivity contribution in [3.8, 4) is 0 Å². The van der Waals surface area contributed by atoms with Crippen LogP contribution in [0.5, 0.6) is 0 Å². The highest BCUT2D eigenvalue weighted by atomic mass is 19.1. The lowest BCUT2D eigenvalue weighted by Gasteiger charge is -2.34. The molecule has 3 fully saturated rings. The molecule has 2 aliphatic carbocycles. The molecule has 4 rings (SSSR count). The van der Waals surface area contributed by atoms with E-state index in [2.05, 4.69) is 5.32 Å². The van der Waals surface area contributed by atoms with Crippen LogP contribution in [0.1, 0.15) is 50.0 Å². The van der Waals surface area contributed by atoms with Crippen LogP contribution in [-0.2, 0) is 9.59 Å². The van der Waals surface area contributed by atoms with Crippen molar-refractivity contribution in [2.75, 3.05) is 13.1 Å². The fourth-order valence-corrected chi connectivity index (χ4v) is 4.01. The second-order valence-electron chi connectivity index (χ2n) is 7.74. The van der Waals surface area contributed by atoms with Gasteiger partial charge < -0.3 is 10.2 Å². The van der Waals surface area contributed by atoms with Crippen LogP contribution in [0.3, 0.4) is 0 Å². The van der Waals surface area contributed by atoms with Gasteiger partial charge in [0.15, 0.2) is 0 Å². The minimum absolute atomic E-state index is 0.0478. The number of rotatable bonds is 4. The van der Waals surface area contributed by atoms with Gasteiger partial charge in [-0.25, -0.2) is 4.39 Å². The molecular formula is C20H25FN2O2. The number of carbonyl (C=O) groups excluding carboxylic acids is 2. The number of nitrogens with zero attached hydrogens (tertiary/aromatic N) is 1. The number of hydrogen-bond donors (Lipinski definition) is 1. The van der Waals surface area contributed by atoms with Crippen molar-refractivity contribution in [2.24, 2.45) is 11.8 Å².